The van der Waals surface area contributed by atoms with E-state index in [1.807, 2.05) is 12.2 Å². The van der Waals surface area contributed by atoms with E-state index in [4.69, 9.17) is 5.11 Å². The molecule has 0 unspecified atom stereocenters. The highest BCUT2D eigenvalue weighted by Gasteiger charge is 2.25. The first-order chi connectivity index (χ1) is 7.64. The maximum atomic E-state index is 12.1. The van der Waals surface area contributed by atoms with Crippen molar-refractivity contribution in [1.29, 1.82) is 0 Å². The van der Waals surface area contributed by atoms with Gasteiger partial charge in [-0.1, -0.05) is 12.2 Å². The summed E-state index contributed by atoms with van der Waals surface area (Å²) in [5.74, 6) is 0. The topological polar surface area (TPSA) is 73.4 Å². The minimum absolute atomic E-state index is 0.185. The molecule has 0 radical (unpaired) electrons. The fraction of sp³-hybridized carbons (Fsp3) is 0.400. The number of nitrogens with zero attached hydrogens (tertiary/aromatic N) is 1. The number of aromatic nitrogens is 1. The first-order valence-electron chi connectivity index (χ1n) is 5.08. The zero-order valence-electron chi connectivity index (χ0n) is 8.76. The fourth-order valence-electron chi connectivity index (χ4n) is 1.65. The van der Waals surface area contributed by atoms with Crippen molar-refractivity contribution in [3.05, 3.63) is 30.1 Å². The van der Waals surface area contributed by atoms with E-state index in [0.29, 0.717) is 18.8 Å². The van der Waals surface area contributed by atoms with Crippen LogP contribution in [0.1, 0.15) is 12.1 Å². The van der Waals surface area contributed by atoms with Crippen LogP contribution in [-0.2, 0) is 16.6 Å². The van der Waals surface area contributed by atoms with Gasteiger partial charge < -0.3 is 10.1 Å². The molecule has 2 heterocycles. The summed E-state index contributed by atoms with van der Waals surface area (Å²) in [5, 5.41) is 8.88. The summed E-state index contributed by atoms with van der Waals surface area (Å²) < 4.78 is 25.6. The van der Waals surface area contributed by atoms with Crippen LogP contribution >= 0.6 is 0 Å². The molecule has 1 aromatic heterocycles. The largest absolute Gasteiger partial charge is 0.390 e. The number of sulfonamides is 1. The van der Waals surface area contributed by atoms with E-state index < -0.39 is 10.0 Å². The summed E-state index contributed by atoms with van der Waals surface area (Å²) in [6, 6.07) is 1.47. The van der Waals surface area contributed by atoms with Crippen LogP contribution < -0.4 is 0 Å². The molecule has 0 fully saturated rings. The van der Waals surface area contributed by atoms with Gasteiger partial charge in [-0.3, -0.25) is 0 Å². The van der Waals surface area contributed by atoms with Gasteiger partial charge in [-0.25, -0.2) is 8.42 Å². The lowest BCUT2D eigenvalue weighted by atomic mass is 10.3. The highest BCUT2D eigenvalue weighted by atomic mass is 32.2. The second-order valence-electron chi connectivity index (χ2n) is 3.64. The van der Waals surface area contributed by atoms with Crippen LogP contribution in [0, 0.1) is 0 Å². The Hall–Kier alpha value is -1.11. The fourth-order valence-corrected chi connectivity index (χ4v) is 3.07. The molecule has 0 spiro atoms. The molecule has 0 amide bonds. The van der Waals surface area contributed by atoms with Gasteiger partial charge in [0.15, 0.2) is 0 Å². The monoisotopic (exact) mass is 242 g/mol. The number of aliphatic hydroxyl groups excluding tert-OH is 1. The number of aliphatic hydroxyl groups is 1. The third-order valence-corrected chi connectivity index (χ3v) is 4.39. The van der Waals surface area contributed by atoms with Crippen LogP contribution in [-0.4, -0.2) is 35.9 Å². The van der Waals surface area contributed by atoms with Gasteiger partial charge in [0.1, 0.15) is 0 Å². The van der Waals surface area contributed by atoms with E-state index in [2.05, 4.69) is 4.98 Å². The summed E-state index contributed by atoms with van der Waals surface area (Å²) >= 11 is 0. The molecule has 2 N–H and O–H groups in total. The van der Waals surface area contributed by atoms with Crippen molar-refractivity contribution in [1.82, 2.24) is 9.29 Å². The molecule has 0 saturated heterocycles. The smallest absolute Gasteiger partial charge is 0.244 e. The van der Waals surface area contributed by atoms with Crippen molar-refractivity contribution >= 4 is 10.0 Å². The number of hydrogen-bond donors (Lipinski definition) is 2. The van der Waals surface area contributed by atoms with E-state index in [-0.39, 0.29) is 11.5 Å². The lowest BCUT2D eigenvalue weighted by Crippen LogP contribution is -2.33. The highest BCUT2D eigenvalue weighted by molar-refractivity contribution is 7.89. The summed E-state index contributed by atoms with van der Waals surface area (Å²) in [6.45, 7) is 0.746. The SMILES string of the molecule is O=S(=O)(c1c[nH]c(CO)c1)N1CC=CCC1. The molecule has 1 aliphatic heterocycles. The van der Waals surface area contributed by atoms with Crippen molar-refractivity contribution in [2.45, 2.75) is 17.9 Å². The first-order valence-corrected chi connectivity index (χ1v) is 6.52. The Morgan fingerprint density at radius 3 is 2.81 bits per heavy atom. The lowest BCUT2D eigenvalue weighted by molar-refractivity contribution is 0.277. The molecule has 0 saturated carbocycles. The standard InChI is InChI=1S/C10H14N2O3S/c13-8-9-6-10(7-11-9)16(14,15)12-4-2-1-3-5-12/h1-2,6-7,11,13H,3-5,8H2. The predicted octanol–water partition coefficient (Wildman–Crippen LogP) is 0.458. The van der Waals surface area contributed by atoms with Gasteiger partial charge in [0.2, 0.25) is 10.0 Å². The molecule has 16 heavy (non-hydrogen) atoms. The number of hydrogen-bond acceptors (Lipinski definition) is 3. The van der Waals surface area contributed by atoms with Crippen molar-refractivity contribution < 1.29 is 13.5 Å². The minimum atomic E-state index is -3.41. The first kappa shape index (κ1) is 11.4. The molecule has 0 atom stereocenters. The van der Waals surface area contributed by atoms with Crippen LogP contribution in [0.2, 0.25) is 0 Å². The molecule has 6 heteroatoms. The summed E-state index contributed by atoms with van der Waals surface area (Å²) in [4.78, 5) is 2.94. The zero-order chi connectivity index (χ0) is 11.6. The molecular formula is C10H14N2O3S. The Bertz CT molecular complexity index is 490. The second kappa shape index (κ2) is 4.40. The van der Waals surface area contributed by atoms with E-state index in [0.717, 1.165) is 6.42 Å². The number of nitrogens with one attached hydrogen (secondary N) is 1. The van der Waals surface area contributed by atoms with Gasteiger partial charge in [0.05, 0.1) is 11.5 Å². The molecular weight excluding hydrogens is 228 g/mol. The maximum absolute atomic E-state index is 12.1. The minimum Gasteiger partial charge on any atom is -0.390 e. The lowest BCUT2D eigenvalue weighted by Gasteiger charge is -2.21. The van der Waals surface area contributed by atoms with Crippen LogP contribution in [0.3, 0.4) is 0 Å². The third-order valence-electron chi connectivity index (χ3n) is 2.55. The molecule has 2 rings (SSSR count). The van der Waals surface area contributed by atoms with Gasteiger partial charge in [-0.2, -0.15) is 4.31 Å². The summed E-state index contributed by atoms with van der Waals surface area (Å²) in [7, 11) is -3.41. The Morgan fingerprint density at radius 1 is 1.44 bits per heavy atom. The van der Waals surface area contributed by atoms with E-state index in [1.54, 1.807) is 0 Å². The Morgan fingerprint density at radius 2 is 2.25 bits per heavy atom. The molecule has 0 bridgehead atoms. The molecule has 5 nitrogen and oxygen atoms in total. The predicted molar refractivity (Wildman–Crippen MR) is 59.2 cm³/mol. The zero-order valence-corrected chi connectivity index (χ0v) is 9.57. The van der Waals surface area contributed by atoms with Crippen LogP contribution in [0.5, 0.6) is 0 Å². The van der Waals surface area contributed by atoms with Crippen molar-refractivity contribution in [3.8, 4) is 0 Å². The Labute approximate surface area is 94.4 Å². The highest BCUT2D eigenvalue weighted by Crippen LogP contribution is 2.18. The average molecular weight is 242 g/mol. The normalized spacial score (nSPS) is 17.8. The van der Waals surface area contributed by atoms with E-state index in [9.17, 15) is 8.42 Å². The average Bonchev–Trinajstić information content (AvgIpc) is 2.79. The quantitative estimate of drug-likeness (QED) is 0.756. The van der Waals surface area contributed by atoms with Crippen molar-refractivity contribution in [3.63, 3.8) is 0 Å². The number of aromatic amines is 1. The Kier molecular flexibility index (Phi) is 3.13. The maximum Gasteiger partial charge on any atom is 0.244 e. The third kappa shape index (κ3) is 2.04. The molecule has 0 aliphatic carbocycles. The van der Waals surface area contributed by atoms with Gasteiger partial charge in [-0.15, -0.1) is 0 Å². The van der Waals surface area contributed by atoms with Crippen LogP contribution in [0.4, 0.5) is 0 Å². The second-order valence-corrected chi connectivity index (χ2v) is 5.58. The summed E-state index contributed by atoms with van der Waals surface area (Å²) in [5.41, 5.74) is 0.506. The van der Waals surface area contributed by atoms with E-state index in [1.165, 1.54) is 16.6 Å². The Balaban J connectivity index is 2.27. The van der Waals surface area contributed by atoms with Gasteiger partial charge in [0.25, 0.3) is 0 Å². The van der Waals surface area contributed by atoms with Crippen LogP contribution in [0.25, 0.3) is 0 Å². The van der Waals surface area contributed by atoms with Gasteiger partial charge in [-0.05, 0) is 12.5 Å². The molecule has 1 aliphatic rings. The van der Waals surface area contributed by atoms with Gasteiger partial charge in [0, 0.05) is 25.0 Å². The molecule has 0 aromatic carbocycles. The van der Waals surface area contributed by atoms with Crippen LogP contribution in [0.15, 0.2) is 29.3 Å². The van der Waals surface area contributed by atoms with Gasteiger partial charge >= 0.3 is 0 Å². The molecule has 88 valence electrons. The van der Waals surface area contributed by atoms with E-state index >= 15 is 0 Å². The summed E-state index contributed by atoms with van der Waals surface area (Å²) in [6.07, 6.45) is 5.98. The van der Waals surface area contributed by atoms with Crippen molar-refractivity contribution in [2.75, 3.05) is 13.1 Å². The van der Waals surface area contributed by atoms with Crippen molar-refractivity contribution in [2.24, 2.45) is 0 Å². The number of H-pyrrole nitrogens is 1. The molecule has 1 aromatic rings. The number of rotatable bonds is 3.